The van der Waals surface area contributed by atoms with Crippen LogP contribution in [0.1, 0.15) is 33.4 Å². The Bertz CT molecular complexity index is 492. The van der Waals surface area contributed by atoms with Crippen LogP contribution in [-0.4, -0.2) is 37.3 Å². The van der Waals surface area contributed by atoms with E-state index in [1.807, 2.05) is 34.7 Å². The summed E-state index contributed by atoms with van der Waals surface area (Å²) in [5.41, 5.74) is 0.870. The second-order valence-corrected chi connectivity index (χ2v) is 7.34. The molecule has 6 heteroatoms. The summed E-state index contributed by atoms with van der Waals surface area (Å²) in [5.74, 6) is 0.299. The average molecular weight is 287 g/mol. The van der Waals surface area contributed by atoms with Crippen molar-refractivity contribution < 1.29 is 8.42 Å². The molecule has 0 fully saturated rings. The van der Waals surface area contributed by atoms with E-state index in [2.05, 4.69) is 10.3 Å². The van der Waals surface area contributed by atoms with Gasteiger partial charge in [0, 0.05) is 31.0 Å². The van der Waals surface area contributed by atoms with Gasteiger partial charge < -0.3 is 10.3 Å². The van der Waals surface area contributed by atoms with Crippen LogP contribution in [0.15, 0.2) is 17.2 Å². The molecule has 19 heavy (non-hydrogen) atoms. The standard InChI is InChI=1S/C13H25N3O2S/c1-10(2)9-16(11(3)4)19(17,18)13-6-12(7-14-5)15-8-13/h6,8,10-11,14-15H,7,9H2,1-5H3. The van der Waals surface area contributed by atoms with E-state index in [0.29, 0.717) is 23.9 Å². The molecule has 0 aromatic carbocycles. The Morgan fingerprint density at radius 2 is 1.95 bits per heavy atom. The van der Waals surface area contributed by atoms with Gasteiger partial charge in [0.15, 0.2) is 0 Å². The van der Waals surface area contributed by atoms with E-state index in [9.17, 15) is 8.42 Å². The fourth-order valence-corrected chi connectivity index (χ4v) is 3.76. The molecule has 0 aliphatic carbocycles. The van der Waals surface area contributed by atoms with E-state index in [1.165, 1.54) is 0 Å². The lowest BCUT2D eigenvalue weighted by molar-refractivity contribution is 0.319. The molecule has 0 radical (unpaired) electrons. The summed E-state index contributed by atoms with van der Waals surface area (Å²) < 4.78 is 26.8. The van der Waals surface area contributed by atoms with Crippen LogP contribution in [0.5, 0.6) is 0 Å². The first-order valence-corrected chi connectivity index (χ1v) is 8.06. The fraction of sp³-hybridized carbons (Fsp3) is 0.692. The molecule has 0 unspecified atom stereocenters. The number of aromatic amines is 1. The van der Waals surface area contributed by atoms with E-state index in [4.69, 9.17) is 0 Å². The molecule has 0 spiro atoms. The van der Waals surface area contributed by atoms with E-state index in [-0.39, 0.29) is 6.04 Å². The SMILES string of the molecule is CNCc1cc(S(=O)(=O)N(CC(C)C)C(C)C)c[nH]1. The molecule has 0 atom stereocenters. The number of hydrogen-bond acceptors (Lipinski definition) is 3. The van der Waals surface area contributed by atoms with E-state index in [0.717, 1.165) is 5.69 Å². The molecule has 0 aliphatic rings. The third kappa shape index (κ3) is 4.06. The molecule has 1 rings (SSSR count). The van der Waals surface area contributed by atoms with Gasteiger partial charge in [-0.3, -0.25) is 0 Å². The van der Waals surface area contributed by atoms with E-state index in [1.54, 1.807) is 16.6 Å². The van der Waals surface area contributed by atoms with Crippen molar-refractivity contribution in [3.8, 4) is 0 Å². The van der Waals surface area contributed by atoms with Gasteiger partial charge in [0.1, 0.15) is 0 Å². The minimum atomic E-state index is -3.42. The Hall–Kier alpha value is -0.850. The highest BCUT2D eigenvalue weighted by atomic mass is 32.2. The third-order valence-electron chi connectivity index (χ3n) is 2.81. The van der Waals surface area contributed by atoms with Gasteiger partial charge >= 0.3 is 0 Å². The maximum absolute atomic E-state index is 12.6. The molecule has 2 N–H and O–H groups in total. The molecule has 0 aliphatic heterocycles. The number of hydrogen-bond donors (Lipinski definition) is 2. The molecule has 0 saturated carbocycles. The van der Waals surface area contributed by atoms with Crippen molar-refractivity contribution in [3.63, 3.8) is 0 Å². The van der Waals surface area contributed by atoms with Crippen LogP contribution in [0.4, 0.5) is 0 Å². The number of H-pyrrole nitrogens is 1. The lowest BCUT2D eigenvalue weighted by Gasteiger charge is -2.27. The van der Waals surface area contributed by atoms with Gasteiger partial charge in [0.05, 0.1) is 4.90 Å². The summed E-state index contributed by atoms with van der Waals surface area (Å²) in [6.45, 7) is 9.01. The summed E-state index contributed by atoms with van der Waals surface area (Å²) >= 11 is 0. The Morgan fingerprint density at radius 3 is 2.42 bits per heavy atom. The Labute approximate surface area is 116 Å². The Balaban J connectivity index is 3.04. The minimum Gasteiger partial charge on any atom is -0.363 e. The van der Waals surface area contributed by atoms with Gasteiger partial charge in [-0.25, -0.2) is 8.42 Å². The molecular formula is C13H25N3O2S. The van der Waals surface area contributed by atoms with Crippen molar-refractivity contribution in [2.24, 2.45) is 5.92 Å². The lowest BCUT2D eigenvalue weighted by atomic mass is 10.2. The van der Waals surface area contributed by atoms with Crippen molar-refractivity contribution >= 4 is 10.0 Å². The molecule has 1 aromatic rings. The van der Waals surface area contributed by atoms with Crippen molar-refractivity contribution in [3.05, 3.63) is 18.0 Å². The molecule has 110 valence electrons. The normalized spacial score (nSPS) is 12.8. The van der Waals surface area contributed by atoms with Gasteiger partial charge in [-0.1, -0.05) is 13.8 Å². The largest absolute Gasteiger partial charge is 0.363 e. The number of nitrogens with one attached hydrogen (secondary N) is 2. The van der Waals surface area contributed by atoms with Gasteiger partial charge in [-0.15, -0.1) is 0 Å². The Kier molecular flexibility index (Phi) is 5.58. The van der Waals surface area contributed by atoms with Gasteiger partial charge in [0.2, 0.25) is 10.0 Å². The first kappa shape index (κ1) is 16.2. The summed E-state index contributed by atoms with van der Waals surface area (Å²) in [5, 5.41) is 2.99. The summed E-state index contributed by atoms with van der Waals surface area (Å²) in [6.07, 6.45) is 1.57. The molecule has 0 bridgehead atoms. The first-order chi connectivity index (χ1) is 8.78. The second-order valence-electron chi connectivity index (χ2n) is 5.45. The predicted octanol–water partition coefficient (Wildman–Crippen LogP) is 1.79. The quantitative estimate of drug-likeness (QED) is 0.803. The molecule has 1 aromatic heterocycles. The number of nitrogens with zero attached hydrogens (tertiary/aromatic N) is 1. The zero-order valence-corrected chi connectivity index (χ0v) is 13.2. The smallest absolute Gasteiger partial charge is 0.244 e. The van der Waals surface area contributed by atoms with Crippen LogP contribution in [0.25, 0.3) is 0 Å². The van der Waals surface area contributed by atoms with Crippen LogP contribution in [0.3, 0.4) is 0 Å². The van der Waals surface area contributed by atoms with E-state index >= 15 is 0 Å². The van der Waals surface area contributed by atoms with Gasteiger partial charge in [0.25, 0.3) is 0 Å². The molecular weight excluding hydrogens is 262 g/mol. The summed E-state index contributed by atoms with van der Waals surface area (Å²) in [4.78, 5) is 3.33. The minimum absolute atomic E-state index is 0.0462. The van der Waals surface area contributed by atoms with Crippen molar-refractivity contribution in [2.75, 3.05) is 13.6 Å². The van der Waals surface area contributed by atoms with Crippen molar-refractivity contribution in [1.82, 2.24) is 14.6 Å². The van der Waals surface area contributed by atoms with Crippen LogP contribution < -0.4 is 5.32 Å². The number of sulfonamides is 1. The Morgan fingerprint density at radius 1 is 1.32 bits per heavy atom. The zero-order valence-electron chi connectivity index (χ0n) is 12.4. The monoisotopic (exact) mass is 287 g/mol. The molecule has 0 amide bonds. The van der Waals surface area contributed by atoms with Crippen LogP contribution in [0, 0.1) is 5.92 Å². The number of aromatic nitrogens is 1. The second kappa shape index (κ2) is 6.54. The lowest BCUT2D eigenvalue weighted by Crippen LogP contribution is -2.39. The molecule has 1 heterocycles. The maximum Gasteiger partial charge on any atom is 0.244 e. The van der Waals surface area contributed by atoms with Crippen LogP contribution in [-0.2, 0) is 16.6 Å². The molecule has 5 nitrogen and oxygen atoms in total. The van der Waals surface area contributed by atoms with Gasteiger partial charge in [-0.2, -0.15) is 4.31 Å². The fourth-order valence-electron chi connectivity index (χ4n) is 1.94. The molecule has 0 saturated heterocycles. The third-order valence-corrected chi connectivity index (χ3v) is 4.83. The topological polar surface area (TPSA) is 65.2 Å². The van der Waals surface area contributed by atoms with Crippen LogP contribution >= 0.6 is 0 Å². The first-order valence-electron chi connectivity index (χ1n) is 6.62. The zero-order chi connectivity index (χ0) is 14.6. The highest BCUT2D eigenvalue weighted by Crippen LogP contribution is 2.20. The van der Waals surface area contributed by atoms with E-state index < -0.39 is 10.0 Å². The summed E-state index contributed by atoms with van der Waals surface area (Å²) in [7, 11) is -1.59. The highest BCUT2D eigenvalue weighted by Gasteiger charge is 2.28. The maximum atomic E-state index is 12.6. The van der Waals surface area contributed by atoms with Gasteiger partial charge in [-0.05, 0) is 32.9 Å². The van der Waals surface area contributed by atoms with Crippen LogP contribution in [0.2, 0.25) is 0 Å². The van der Waals surface area contributed by atoms with Crippen molar-refractivity contribution in [1.29, 1.82) is 0 Å². The number of rotatable bonds is 7. The predicted molar refractivity (Wildman–Crippen MR) is 77.4 cm³/mol. The van der Waals surface area contributed by atoms with Crippen molar-refractivity contribution in [2.45, 2.75) is 45.2 Å². The highest BCUT2D eigenvalue weighted by molar-refractivity contribution is 7.89. The summed E-state index contributed by atoms with van der Waals surface area (Å²) in [6, 6.07) is 1.65. The average Bonchev–Trinajstić information content (AvgIpc) is 2.75.